The number of fused-ring (bicyclic) bond motifs is 9. The van der Waals surface area contributed by atoms with E-state index < -0.39 is 5.41 Å². The topological polar surface area (TPSA) is 56.9 Å². The van der Waals surface area contributed by atoms with Crippen LogP contribution in [0.25, 0.3) is 11.1 Å². The first-order chi connectivity index (χ1) is 18.7. The molecule has 5 aromatic rings. The molecule has 0 bridgehead atoms. The van der Waals surface area contributed by atoms with Crippen LogP contribution in [0.1, 0.15) is 33.4 Å². The predicted molar refractivity (Wildman–Crippen MR) is 153 cm³/mol. The molecule has 1 spiro atoms. The van der Waals surface area contributed by atoms with Crippen LogP contribution in [0.15, 0.2) is 133 Å². The van der Waals surface area contributed by atoms with Gasteiger partial charge in [0.2, 0.25) is 0 Å². The van der Waals surface area contributed by atoms with Gasteiger partial charge in [0.05, 0.1) is 16.8 Å². The molecule has 38 heavy (non-hydrogen) atoms. The smallest absolute Gasteiger partial charge is 0.132 e. The van der Waals surface area contributed by atoms with Crippen molar-refractivity contribution in [2.75, 3.05) is 0 Å². The van der Waals surface area contributed by atoms with Crippen LogP contribution in [0.4, 0.5) is 0 Å². The third-order valence-corrected chi connectivity index (χ3v) is 7.66. The molecule has 0 atom stereocenters. The Morgan fingerprint density at radius 1 is 0.500 bits per heavy atom. The summed E-state index contributed by atoms with van der Waals surface area (Å²) in [5.74, 6) is 1.58. The maximum Gasteiger partial charge on any atom is 0.132 e. The maximum absolute atomic E-state index is 8.74. The molecule has 2 N–H and O–H groups in total. The van der Waals surface area contributed by atoms with Gasteiger partial charge < -0.3 is 15.6 Å². The number of nitrogens with one attached hydrogen (secondary N) is 2. The van der Waals surface area contributed by atoms with Crippen LogP contribution in [0.3, 0.4) is 0 Å². The molecule has 1 aliphatic heterocycles. The summed E-state index contributed by atoms with van der Waals surface area (Å²) in [5, 5.41) is 17.1. The fourth-order valence-corrected chi connectivity index (χ4v) is 6.01. The van der Waals surface area contributed by atoms with Crippen molar-refractivity contribution in [3.05, 3.63) is 167 Å². The molecule has 180 valence electrons. The lowest BCUT2D eigenvalue weighted by Gasteiger charge is -2.39. The molecule has 0 radical (unpaired) electrons. The Labute approximate surface area is 221 Å². The molecule has 7 rings (SSSR count). The average molecular weight is 489 g/mol. The van der Waals surface area contributed by atoms with Gasteiger partial charge in [-0.2, -0.15) is 0 Å². The van der Waals surface area contributed by atoms with Gasteiger partial charge in [0, 0.05) is 16.7 Å². The lowest BCUT2D eigenvalue weighted by molar-refractivity contribution is 0.436. The molecule has 0 amide bonds. The number of allylic oxidation sites excluding steroid dienone is 2. The van der Waals surface area contributed by atoms with Gasteiger partial charge in [0.1, 0.15) is 11.5 Å². The molecule has 0 saturated heterocycles. The number of rotatable bonds is 4. The van der Waals surface area contributed by atoms with Gasteiger partial charge in [0.15, 0.2) is 0 Å². The van der Waals surface area contributed by atoms with Crippen molar-refractivity contribution < 1.29 is 4.74 Å². The van der Waals surface area contributed by atoms with Crippen LogP contribution >= 0.6 is 0 Å². The molecule has 0 unspecified atom stereocenters. The fourth-order valence-electron chi connectivity index (χ4n) is 6.01. The number of hydrogen-bond donors (Lipinski definition) is 2. The van der Waals surface area contributed by atoms with E-state index in [9.17, 15) is 0 Å². The van der Waals surface area contributed by atoms with E-state index in [-0.39, 0.29) is 0 Å². The predicted octanol–water partition coefficient (Wildman–Crippen LogP) is 8.15. The standard InChI is InChI=1S/C35H24N2O/c36-31(23-10-2-1-3-11-23)20-21-32(37)24-18-19-30-34(22-24)38-33-17-9-8-16-29(33)35(30)27-14-6-4-12-25(27)26-13-5-7-15-28(26)35/h1-22,36-37H/b21-20-,36-31?,37-32?. The first kappa shape index (κ1) is 22.2. The first-order valence-electron chi connectivity index (χ1n) is 12.7. The Kier molecular flexibility index (Phi) is 4.98. The lowest BCUT2D eigenvalue weighted by atomic mass is 9.66. The Morgan fingerprint density at radius 3 is 1.71 bits per heavy atom. The van der Waals surface area contributed by atoms with E-state index in [0.717, 1.165) is 33.8 Å². The van der Waals surface area contributed by atoms with Crippen LogP contribution in [-0.4, -0.2) is 11.4 Å². The zero-order chi connectivity index (χ0) is 25.7. The van der Waals surface area contributed by atoms with Crippen molar-refractivity contribution in [2.24, 2.45) is 0 Å². The van der Waals surface area contributed by atoms with Crippen molar-refractivity contribution in [3.63, 3.8) is 0 Å². The van der Waals surface area contributed by atoms with Gasteiger partial charge in [-0.25, -0.2) is 0 Å². The number of para-hydroxylation sites is 1. The summed E-state index contributed by atoms with van der Waals surface area (Å²) in [6.07, 6.45) is 3.36. The van der Waals surface area contributed by atoms with E-state index in [1.54, 1.807) is 12.2 Å². The first-order valence-corrected chi connectivity index (χ1v) is 12.7. The van der Waals surface area contributed by atoms with Crippen molar-refractivity contribution in [1.82, 2.24) is 0 Å². The van der Waals surface area contributed by atoms with Gasteiger partial charge in [-0.3, -0.25) is 0 Å². The van der Waals surface area contributed by atoms with Crippen LogP contribution in [0.5, 0.6) is 11.5 Å². The van der Waals surface area contributed by atoms with Crippen LogP contribution in [0, 0.1) is 10.8 Å². The number of ether oxygens (including phenoxy) is 1. The molecule has 3 heteroatoms. The van der Waals surface area contributed by atoms with Crippen molar-refractivity contribution >= 4 is 11.4 Å². The summed E-state index contributed by atoms with van der Waals surface area (Å²) in [7, 11) is 0. The molecule has 0 saturated carbocycles. The van der Waals surface area contributed by atoms with Crippen molar-refractivity contribution in [3.8, 4) is 22.6 Å². The number of benzene rings is 5. The Hall–Kier alpha value is -5.02. The van der Waals surface area contributed by atoms with Crippen LogP contribution < -0.4 is 4.74 Å². The molecule has 3 nitrogen and oxygen atoms in total. The molecular formula is C35H24N2O. The van der Waals surface area contributed by atoms with Gasteiger partial charge in [-0.05, 0) is 52.1 Å². The van der Waals surface area contributed by atoms with Gasteiger partial charge in [0.25, 0.3) is 0 Å². The van der Waals surface area contributed by atoms with Gasteiger partial charge in [-0.1, -0.05) is 109 Å². The highest BCUT2D eigenvalue weighted by Gasteiger charge is 2.50. The van der Waals surface area contributed by atoms with E-state index in [4.69, 9.17) is 15.6 Å². The van der Waals surface area contributed by atoms with E-state index in [2.05, 4.69) is 66.7 Å². The minimum atomic E-state index is -0.497. The fraction of sp³-hybridized carbons (Fsp3) is 0.0286. The van der Waals surface area contributed by atoms with Crippen LogP contribution in [0.2, 0.25) is 0 Å². The molecular weight excluding hydrogens is 464 g/mol. The van der Waals surface area contributed by atoms with Crippen LogP contribution in [-0.2, 0) is 5.41 Å². The summed E-state index contributed by atoms with van der Waals surface area (Å²) < 4.78 is 6.52. The normalized spacial score (nSPS) is 13.8. The highest BCUT2D eigenvalue weighted by Crippen LogP contribution is 2.61. The zero-order valence-corrected chi connectivity index (χ0v) is 20.6. The Morgan fingerprint density at radius 2 is 1.03 bits per heavy atom. The minimum absolute atomic E-state index is 0.331. The SMILES string of the molecule is N=C(/C=C\C(=N)c1ccc2c(c1)Oc1ccccc1C21c2ccccc2-c2ccccc21)c1ccccc1. The Balaban J connectivity index is 1.37. The van der Waals surface area contributed by atoms with E-state index in [0.29, 0.717) is 11.4 Å². The third-order valence-electron chi connectivity index (χ3n) is 7.66. The van der Waals surface area contributed by atoms with E-state index >= 15 is 0 Å². The summed E-state index contributed by atoms with van der Waals surface area (Å²) in [6.45, 7) is 0. The van der Waals surface area contributed by atoms with E-state index in [1.807, 2.05) is 54.6 Å². The summed E-state index contributed by atoms with van der Waals surface area (Å²) in [6, 6.07) is 41.2. The quantitative estimate of drug-likeness (QED) is 0.241. The third kappa shape index (κ3) is 3.15. The summed E-state index contributed by atoms with van der Waals surface area (Å²) >= 11 is 0. The van der Waals surface area contributed by atoms with Gasteiger partial charge in [-0.15, -0.1) is 0 Å². The highest BCUT2D eigenvalue weighted by atomic mass is 16.5. The second-order valence-electron chi connectivity index (χ2n) is 9.68. The van der Waals surface area contributed by atoms with Gasteiger partial charge >= 0.3 is 0 Å². The highest BCUT2D eigenvalue weighted by molar-refractivity contribution is 6.14. The maximum atomic E-state index is 8.74. The molecule has 0 aromatic heterocycles. The van der Waals surface area contributed by atoms with E-state index in [1.165, 1.54) is 22.3 Å². The van der Waals surface area contributed by atoms with Crippen molar-refractivity contribution in [2.45, 2.75) is 5.41 Å². The monoisotopic (exact) mass is 488 g/mol. The molecule has 1 heterocycles. The van der Waals surface area contributed by atoms with Crippen molar-refractivity contribution in [1.29, 1.82) is 10.8 Å². The summed E-state index contributed by atoms with van der Waals surface area (Å²) in [4.78, 5) is 0. The lowest BCUT2D eigenvalue weighted by Crippen LogP contribution is -2.32. The molecule has 2 aliphatic rings. The Bertz CT molecular complexity index is 1740. The molecule has 0 fully saturated rings. The molecule has 5 aromatic carbocycles. The largest absolute Gasteiger partial charge is 0.457 e. The second kappa shape index (κ2) is 8.53. The average Bonchev–Trinajstić information content (AvgIpc) is 3.27. The summed E-state index contributed by atoms with van der Waals surface area (Å²) in [5.41, 5.74) is 8.95. The minimum Gasteiger partial charge on any atom is -0.457 e. The number of hydrogen-bond acceptors (Lipinski definition) is 3. The second-order valence-corrected chi connectivity index (χ2v) is 9.68. The molecule has 1 aliphatic carbocycles. The zero-order valence-electron chi connectivity index (χ0n) is 20.6.